The number of amides is 3. The second-order valence-corrected chi connectivity index (χ2v) is 13.7. The lowest BCUT2D eigenvalue weighted by Crippen LogP contribution is -2.54. The van der Waals surface area contributed by atoms with Crippen LogP contribution in [0.3, 0.4) is 0 Å². The fraction of sp³-hybridized carbons (Fsp3) is 0.259. The molecule has 3 amide bonds. The number of thiophene rings is 1. The van der Waals surface area contributed by atoms with Crippen molar-refractivity contribution in [3.63, 3.8) is 0 Å². The molecule has 2 aliphatic heterocycles. The number of nitriles is 1. The summed E-state index contributed by atoms with van der Waals surface area (Å²) in [5, 5.41) is 9.71. The Bertz CT molecular complexity index is 1730. The normalized spacial score (nSPS) is 21.1. The van der Waals surface area contributed by atoms with Crippen LogP contribution in [-0.2, 0) is 19.6 Å². The summed E-state index contributed by atoms with van der Waals surface area (Å²) in [6.45, 7) is 1.07. The second-order valence-electron chi connectivity index (χ2n) is 9.69. The fourth-order valence-electron chi connectivity index (χ4n) is 5.39. The van der Waals surface area contributed by atoms with Gasteiger partial charge in [0.2, 0.25) is 0 Å². The van der Waals surface area contributed by atoms with E-state index in [0.717, 1.165) is 20.5 Å². The molecule has 1 aromatic heterocycles. The molecule has 0 bridgehead atoms. The molecule has 0 N–H and O–H groups in total. The number of hydrogen-bond donors (Lipinski definition) is 0. The average molecular weight is 634 g/mol. The number of nitrogens with zero attached hydrogens (tertiary/aromatic N) is 4. The van der Waals surface area contributed by atoms with Crippen LogP contribution in [0.5, 0.6) is 0 Å². The van der Waals surface area contributed by atoms with Crippen LogP contribution in [-0.4, -0.2) is 68.3 Å². The van der Waals surface area contributed by atoms with Crippen molar-refractivity contribution < 1.29 is 27.5 Å². The Morgan fingerprint density at radius 3 is 2.34 bits per heavy atom. The zero-order chi connectivity index (χ0) is 29.9. The minimum atomic E-state index is -4.23. The molecule has 2 aliphatic rings. The Labute approximate surface area is 250 Å². The van der Waals surface area contributed by atoms with Crippen molar-refractivity contribution in [2.24, 2.45) is 0 Å². The molecule has 3 heterocycles. The molecule has 2 aromatic carbocycles. The molecule has 14 heteroatoms. The van der Waals surface area contributed by atoms with E-state index >= 15 is 0 Å². The van der Waals surface area contributed by atoms with Gasteiger partial charge >= 0.3 is 12.0 Å². The lowest BCUT2D eigenvalue weighted by Gasteiger charge is -2.33. The zero-order valence-corrected chi connectivity index (χ0v) is 25.1. The number of halogens is 2. The van der Waals surface area contributed by atoms with Crippen LogP contribution in [0, 0.1) is 18.3 Å². The number of methoxy groups -OCH3 is 1. The Morgan fingerprint density at radius 1 is 1.12 bits per heavy atom. The first-order valence-electron chi connectivity index (χ1n) is 12.1. The number of ether oxygens (including phenoxy) is 1. The van der Waals surface area contributed by atoms with Crippen molar-refractivity contribution in [3.8, 4) is 6.07 Å². The maximum absolute atomic E-state index is 14.3. The Morgan fingerprint density at radius 2 is 1.76 bits per heavy atom. The number of hydrogen-bond acceptors (Lipinski definition) is 8. The van der Waals surface area contributed by atoms with Crippen molar-refractivity contribution in [2.45, 2.75) is 22.6 Å². The minimum absolute atomic E-state index is 0.0635. The third kappa shape index (κ3) is 4.58. The summed E-state index contributed by atoms with van der Waals surface area (Å²) in [6.07, 6.45) is 0. The maximum atomic E-state index is 14.3. The standard InChI is InChI=1S/C27H22Cl2N4O6S2/c1-15-8-22(23(34)39-3)40-24(15)41(37,38)32-13-21(17-6-4-16(12-30)5-7-17)27(14-32)25(35)33(26(36)31(27)2)20-10-18(28)9-19(29)11-20/h4-11,21H,13-14H2,1-3H3/t21-,27+/m0/s1. The molecule has 2 fully saturated rings. The molecular formula is C27H22Cl2N4O6S2. The number of anilines is 1. The van der Waals surface area contributed by atoms with E-state index in [4.69, 9.17) is 27.9 Å². The number of esters is 1. The first kappa shape index (κ1) is 29.0. The van der Waals surface area contributed by atoms with Crippen LogP contribution in [0.4, 0.5) is 10.5 Å². The Kier molecular flexibility index (Phi) is 7.38. The number of carbonyl (C=O) groups excluding carboxylic acids is 3. The number of aryl methyl sites for hydroxylation is 1. The van der Waals surface area contributed by atoms with Crippen LogP contribution in [0.2, 0.25) is 10.0 Å². The average Bonchev–Trinajstić information content (AvgIpc) is 3.59. The Balaban J connectivity index is 1.64. The predicted molar refractivity (Wildman–Crippen MR) is 153 cm³/mol. The lowest BCUT2D eigenvalue weighted by atomic mass is 9.80. The lowest BCUT2D eigenvalue weighted by molar-refractivity contribution is -0.124. The minimum Gasteiger partial charge on any atom is -0.465 e. The molecule has 3 aromatic rings. The van der Waals surface area contributed by atoms with Gasteiger partial charge < -0.3 is 9.64 Å². The molecular weight excluding hydrogens is 611 g/mol. The van der Waals surface area contributed by atoms with Crippen molar-refractivity contribution in [2.75, 3.05) is 32.1 Å². The van der Waals surface area contributed by atoms with E-state index in [2.05, 4.69) is 0 Å². The van der Waals surface area contributed by atoms with Gasteiger partial charge in [-0.05, 0) is 54.4 Å². The highest BCUT2D eigenvalue weighted by Crippen LogP contribution is 2.48. The smallest absolute Gasteiger partial charge is 0.348 e. The van der Waals surface area contributed by atoms with Crippen molar-refractivity contribution in [1.82, 2.24) is 9.21 Å². The Hall–Kier alpha value is -3.47. The summed E-state index contributed by atoms with van der Waals surface area (Å²) in [5.74, 6) is -2.11. The predicted octanol–water partition coefficient (Wildman–Crippen LogP) is 4.65. The number of rotatable bonds is 5. The van der Waals surface area contributed by atoms with E-state index in [9.17, 15) is 28.1 Å². The van der Waals surface area contributed by atoms with Gasteiger partial charge in [-0.1, -0.05) is 35.3 Å². The van der Waals surface area contributed by atoms with Gasteiger partial charge in [-0.15, -0.1) is 11.3 Å². The van der Waals surface area contributed by atoms with Crippen molar-refractivity contribution >= 4 is 68.2 Å². The summed E-state index contributed by atoms with van der Waals surface area (Å²) >= 11 is 13.1. The first-order valence-corrected chi connectivity index (χ1v) is 15.1. The summed E-state index contributed by atoms with van der Waals surface area (Å²) in [5.41, 5.74) is -0.184. The van der Waals surface area contributed by atoms with Gasteiger partial charge in [-0.3, -0.25) is 4.79 Å². The molecule has 41 heavy (non-hydrogen) atoms. The molecule has 212 valence electrons. The van der Waals surface area contributed by atoms with E-state index < -0.39 is 39.4 Å². The highest BCUT2D eigenvalue weighted by molar-refractivity contribution is 7.91. The van der Waals surface area contributed by atoms with Crippen molar-refractivity contribution in [3.05, 3.63) is 80.1 Å². The molecule has 10 nitrogen and oxygen atoms in total. The van der Waals surface area contributed by atoms with Crippen molar-refractivity contribution in [1.29, 1.82) is 5.26 Å². The van der Waals surface area contributed by atoms with Crippen LogP contribution in [0.15, 0.2) is 52.7 Å². The van der Waals surface area contributed by atoms with Crippen LogP contribution in [0.25, 0.3) is 0 Å². The molecule has 2 saturated heterocycles. The summed E-state index contributed by atoms with van der Waals surface area (Å²) < 4.78 is 33.9. The van der Waals surface area contributed by atoms with E-state index in [1.165, 1.54) is 43.3 Å². The molecule has 0 aliphatic carbocycles. The summed E-state index contributed by atoms with van der Waals surface area (Å²) in [7, 11) is -1.57. The number of sulfonamides is 1. The zero-order valence-electron chi connectivity index (χ0n) is 21.9. The van der Waals surface area contributed by atoms with Gasteiger partial charge in [-0.2, -0.15) is 9.57 Å². The quantitative estimate of drug-likeness (QED) is 0.296. The van der Waals surface area contributed by atoms with Gasteiger partial charge in [-0.25, -0.2) is 22.9 Å². The van der Waals surface area contributed by atoms with E-state index in [1.807, 2.05) is 6.07 Å². The summed E-state index contributed by atoms with van der Waals surface area (Å²) in [6, 6.07) is 13.6. The van der Waals surface area contributed by atoms with Gasteiger partial charge in [0, 0.05) is 36.1 Å². The molecule has 0 unspecified atom stereocenters. The number of urea groups is 1. The molecule has 0 saturated carbocycles. The topological polar surface area (TPSA) is 128 Å². The van der Waals surface area contributed by atoms with Gasteiger partial charge in [0.15, 0.2) is 0 Å². The molecule has 1 spiro atoms. The van der Waals surface area contributed by atoms with Gasteiger partial charge in [0.05, 0.1) is 24.4 Å². The number of likely N-dealkylation sites (N-methyl/N-ethyl adjacent to an activating group) is 1. The largest absolute Gasteiger partial charge is 0.465 e. The number of carbonyl (C=O) groups is 3. The highest BCUT2D eigenvalue weighted by Gasteiger charge is 2.66. The number of benzene rings is 2. The molecule has 0 radical (unpaired) electrons. The SMILES string of the molecule is COC(=O)c1cc(C)c(S(=O)(=O)N2C[C@@H](c3ccc(C#N)cc3)[C@]3(C2)C(=O)N(c2cc(Cl)cc(Cl)c2)C(=O)N3C)s1. The van der Waals surface area contributed by atoms with Gasteiger partial charge in [0.25, 0.3) is 15.9 Å². The van der Waals surface area contributed by atoms with Gasteiger partial charge in [0.1, 0.15) is 14.6 Å². The van der Waals surface area contributed by atoms with E-state index in [1.54, 1.807) is 31.2 Å². The molecule has 5 rings (SSSR count). The van der Waals surface area contributed by atoms with Crippen LogP contribution in [0.1, 0.15) is 32.3 Å². The van der Waals surface area contributed by atoms with E-state index in [0.29, 0.717) is 16.7 Å². The molecule has 2 atom stereocenters. The second kappa shape index (κ2) is 10.4. The fourth-order valence-corrected chi connectivity index (χ4v) is 9.15. The summed E-state index contributed by atoms with van der Waals surface area (Å²) in [4.78, 5) is 42.4. The third-order valence-electron chi connectivity index (χ3n) is 7.41. The van der Waals surface area contributed by atoms with Crippen LogP contribution < -0.4 is 4.90 Å². The number of imide groups is 1. The first-order chi connectivity index (χ1) is 19.3. The highest BCUT2D eigenvalue weighted by atomic mass is 35.5. The van der Waals surface area contributed by atoms with Crippen LogP contribution >= 0.6 is 34.5 Å². The maximum Gasteiger partial charge on any atom is 0.348 e. The van der Waals surface area contributed by atoms with E-state index in [-0.39, 0.29) is 37.9 Å². The third-order valence-corrected chi connectivity index (χ3v) is 11.5. The monoisotopic (exact) mass is 632 g/mol.